The van der Waals surface area contributed by atoms with Crippen molar-refractivity contribution in [2.45, 2.75) is 39.0 Å². The number of nitrogens with zero attached hydrogens (tertiary/aromatic N) is 1. The summed E-state index contributed by atoms with van der Waals surface area (Å²) < 4.78 is 0. The average Bonchev–Trinajstić information content (AvgIpc) is 2.28. The van der Waals surface area contributed by atoms with Gasteiger partial charge in [-0.2, -0.15) is 0 Å². The Morgan fingerprint density at radius 1 is 1.41 bits per heavy atom. The number of anilines is 1. The molecule has 5 heteroatoms. The van der Waals surface area contributed by atoms with Crippen LogP contribution in [0.3, 0.4) is 0 Å². The molecule has 0 atom stereocenters. The van der Waals surface area contributed by atoms with Crippen molar-refractivity contribution in [3.05, 3.63) is 22.2 Å². The molecule has 0 unspecified atom stereocenters. The van der Waals surface area contributed by atoms with Crippen LogP contribution >= 0.6 is 0 Å². The molecule has 3 N–H and O–H groups in total. The summed E-state index contributed by atoms with van der Waals surface area (Å²) in [5.74, 6) is 1.54. The molecule has 0 spiro atoms. The maximum absolute atomic E-state index is 11.4. The first-order valence-corrected chi connectivity index (χ1v) is 6.09. The van der Waals surface area contributed by atoms with Crippen LogP contribution in [0.1, 0.15) is 44.9 Å². The van der Waals surface area contributed by atoms with E-state index in [0.29, 0.717) is 11.6 Å². The molecule has 0 aliphatic carbocycles. The van der Waals surface area contributed by atoms with Gasteiger partial charge in [0, 0.05) is 25.1 Å². The molecule has 17 heavy (non-hydrogen) atoms. The standard InChI is InChI=1S/C12H21N3O2/c1-9(2)12-14-10(8-11(17)15-12)13-6-4-3-5-7-16/h8-9,16H,3-7H2,1-2H3,(H2,13,14,15,17). The van der Waals surface area contributed by atoms with E-state index in [1.165, 1.54) is 6.07 Å². The molecular formula is C12H21N3O2. The van der Waals surface area contributed by atoms with E-state index in [9.17, 15) is 4.79 Å². The Labute approximate surface area is 101 Å². The van der Waals surface area contributed by atoms with E-state index < -0.39 is 0 Å². The Kier molecular flexibility index (Phi) is 5.69. The second kappa shape index (κ2) is 7.06. The van der Waals surface area contributed by atoms with Gasteiger partial charge in [-0.3, -0.25) is 4.79 Å². The molecule has 0 radical (unpaired) electrons. The fourth-order valence-corrected chi connectivity index (χ4v) is 1.47. The fraction of sp³-hybridized carbons (Fsp3) is 0.667. The van der Waals surface area contributed by atoms with Crippen molar-refractivity contribution >= 4 is 5.82 Å². The molecule has 0 aliphatic rings. The highest BCUT2D eigenvalue weighted by Crippen LogP contribution is 2.09. The van der Waals surface area contributed by atoms with Gasteiger partial charge in [0.25, 0.3) is 5.56 Å². The molecule has 1 aromatic rings. The van der Waals surface area contributed by atoms with Crippen LogP contribution in [-0.4, -0.2) is 28.2 Å². The van der Waals surface area contributed by atoms with Gasteiger partial charge in [0.2, 0.25) is 0 Å². The van der Waals surface area contributed by atoms with E-state index in [2.05, 4.69) is 15.3 Å². The molecule has 1 heterocycles. The first kappa shape index (κ1) is 13.7. The van der Waals surface area contributed by atoms with Crippen LogP contribution in [-0.2, 0) is 0 Å². The second-order valence-corrected chi connectivity index (χ2v) is 4.38. The predicted octanol–water partition coefficient (Wildman–Crippen LogP) is 1.47. The lowest BCUT2D eigenvalue weighted by Crippen LogP contribution is -2.15. The van der Waals surface area contributed by atoms with Gasteiger partial charge in [-0.1, -0.05) is 13.8 Å². The lowest BCUT2D eigenvalue weighted by Gasteiger charge is -2.08. The zero-order valence-corrected chi connectivity index (χ0v) is 10.5. The highest BCUT2D eigenvalue weighted by atomic mass is 16.2. The number of rotatable bonds is 7. The Balaban J connectivity index is 2.50. The molecule has 5 nitrogen and oxygen atoms in total. The fourth-order valence-electron chi connectivity index (χ4n) is 1.47. The van der Waals surface area contributed by atoms with Gasteiger partial charge in [-0.25, -0.2) is 4.98 Å². The van der Waals surface area contributed by atoms with Gasteiger partial charge < -0.3 is 15.4 Å². The van der Waals surface area contributed by atoms with E-state index in [1.807, 2.05) is 13.8 Å². The summed E-state index contributed by atoms with van der Waals surface area (Å²) in [7, 11) is 0. The van der Waals surface area contributed by atoms with Crippen molar-refractivity contribution < 1.29 is 5.11 Å². The van der Waals surface area contributed by atoms with Gasteiger partial charge in [-0.15, -0.1) is 0 Å². The predicted molar refractivity (Wildman–Crippen MR) is 68.4 cm³/mol. The summed E-state index contributed by atoms with van der Waals surface area (Å²) in [4.78, 5) is 18.4. The SMILES string of the molecule is CC(C)c1nc(NCCCCCO)cc(=O)[nH]1. The topological polar surface area (TPSA) is 78.0 Å². The zero-order chi connectivity index (χ0) is 12.7. The summed E-state index contributed by atoms with van der Waals surface area (Å²) in [6, 6.07) is 1.47. The monoisotopic (exact) mass is 239 g/mol. The number of aromatic amines is 1. The molecule has 1 aromatic heterocycles. The molecule has 0 bridgehead atoms. The summed E-state index contributed by atoms with van der Waals surface area (Å²) in [6.45, 7) is 4.99. The van der Waals surface area contributed by atoms with E-state index in [1.54, 1.807) is 0 Å². The van der Waals surface area contributed by atoms with Gasteiger partial charge >= 0.3 is 0 Å². The summed E-state index contributed by atoms with van der Waals surface area (Å²) in [6.07, 6.45) is 2.76. The lowest BCUT2D eigenvalue weighted by atomic mass is 10.2. The van der Waals surface area contributed by atoms with Crippen LogP contribution in [0, 0.1) is 0 Å². The highest BCUT2D eigenvalue weighted by Gasteiger charge is 2.04. The van der Waals surface area contributed by atoms with Crippen molar-refractivity contribution in [3.8, 4) is 0 Å². The van der Waals surface area contributed by atoms with E-state index >= 15 is 0 Å². The molecule has 0 saturated carbocycles. The number of nitrogens with one attached hydrogen (secondary N) is 2. The Hall–Kier alpha value is -1.36. The van der Waals surface area contributed by atoms with E-state index in [4.69, 9.17) is 5.11 Å². The summed E-state index contributed by atoms with van der Waals surface area (Å²) in [5, 5.41) is 11.8. The van der Waals surface area contributed by atoms with Gasteiger partial charge in [0.05, 0.1) is 0 Å². The molecular weight excluding hydrogens is 218 g/mol. The number of hydrogen-bond acceptors (Lipinski definition) is 4. The number of unbranched alkanes of at least 4 members (excludes halogenated alkanes) is 2. The average molecular weight is 239 g/mol. The lowest BCUT2D eigenvalue weighted by molar-refractivity contribution is 0.283. The first-order chi connectivity index (χ1) is 8.13. The minimum Gasteiger partial charge on any atom is -0.396 e. The van der Waals surface area contributed by atoms with Crippen molar-refractivity contribution in [2.75, 3.05) is 18.5 Å². The van der Waals surface area contributed by atoms with Crippen molar-refractivity contribution in [1.29, 1.82) is 0 Å². The zero-order valence-electron chi connectivity index (χ0n) is 10.5. The Morgan fingerprint density at radius 3 is 2.82 bits per heavy atom. The van der Waals surface area contributed by atoms with Gasteiger partial charge in [0.15, 0.2) is 0 Å². The van der Waals surface area contributed by atoms with Crippen molar-refractivity contribution in [3.63, 3.8) is 0 Å². The van der Waals surface area contributed by atoms with E-state index in [0.717, 1.165) is 25.8 Å². The minimum atomic E-state index is -0.124. The Morgan fingerprint density at radius 2 is 2.18 bits per heavy atom. The number of aliphatic hydroxyl groups excluding tert-OH is 1. The summed E-state index contributed by atoms with van der Waals surface area (Å²) in [5.41, 5.74) is -0.124. The van der Waals surface area contributed by atoms with E-state index in [-0.39, 0.29) is 18.1 Å². The van der Waals surface area contributed by atoms with Crippen molar-refractivity contribution in [1.82, 2.24) is 9.97 Å². The maximum atomic E-state index is 11.4. The number of H-pyrrole nitrogens is 1. The largest absolute Gasteiger partial charge is 0.396 e. The van der Waals surface area contributed by atoms with Gasteiger partial charge in [0.1, 0.15) is 11.6 Å². The van der Waals surface area contributed by atoms with Gasteiger partial charge in [-0.05, 0) is 19.3 Å². The van der Waals surface area contributed by atoms with Crippen LogP contribution in [0.2, 0.25) is 0 Å². The molecule has 1 rings (SSSR count). The van der Waals surface area contributed by atoms with Crippen LogP contribution in [0.15, 0.2) is 10.9 Å². The highest BCUT2D eigenvalue weighted by molar-refractivity contribution is 5.33. The summed E-state index contributed by atoms with van der Waals surface area (Å²) >= 11 is 0. The van der Waals surface area contributed by atoms with Crippen LogP contribution in [0.4, 0.5) is 5.82 Å². The van der Waals surface area contributed by atoms with Crippen molar-refractivity contribution in [2.24, 2.45) is 0 Å². The first-order valence-electron chi connectivity index (χ1n) is 6.09. The normalized spacial score (nSPS) is 10.8. The minimum absolute atomic E-state index is 0.124. The molecule has 0 saturated heterocycles. The third-order valence-electron chi connectivity index (χ3n) is 2.45. The Bertz CT molecular complexity index is 388. The molecule has 96 valence electrons. The molecule has 0 fully saturated rings. The van der Waals surface area contributed by atoms with Crippen LogP contribution in [0.25, 0.3) is 0 Å². The maximum Gasteiger partial charge on any atom is 0.252 e. The number of aromatic nitrogens is 2. The third-order valence-corrected chi connectivity index (χ3v) is 2.45. The third kappa shape index (κ3) is 4.99. The number of hydrogen-bond donors (Lipinski definition) is 3. The van der Waals surface area contributed by atoms with Crippen LogP contribution < -0.4 is 10.9 Å². The van der Waals surface area contributed by atoms with Crippen LogP contribution in [0.5, 0.6) is 0 Å². The molecule has 0 aromatic carbocycles. The quantitative estimate of drug-likeness (QED) is 0.630. The molecule has 0 aliphatic heterocycles. The number of aliphatic hydroxyl groups is 1. The second-order valence-electron chi connectivity index (χ2n) is 4.38. The molecule has 0 amide bonds. The smallest absolute Gasteiger partial charge is 0.252 e.